The second-order valence-corrected chi connectivity index (χ2v) is 4.64. The Balaban J connectivity index is 2.23. The van der Waals surface area contributed by atoms with Crippen LogP contribution in [0.25, 0.3) is 11.0 Å². The van der Waals surface area contributed by atoms with Gasteiger partial charge in [-0.15, -0.1) is 6.58 Å². The van der Waals surface area contributed by atoms with E-state index in [0.29, 0.717) is 19.8 Å². The maximum atomic E-state index is 5.98. The number of hydrogen-bond donors (Lipinski definition) is 1. The van der Waals surface area contributed by atoms with Gasteiger partial charge in [-0.2, -0.15) is 0 Å². The lowest BCUT2D eigenvalue weighted by molar-refractivity contribution is 0.172. The number of rotatable bonds is 3. The van der Waals surface area contributed by atoms with Crippen LogP contribution in [0.15, 0.2) is 24.8 Å². The molecule has 0 fully saturated rings. The number of ether oxygens (including phenoxy) is 2. The number of nitrogens with two attached hydrogens (primary N) is 1. The molecule has 2 heterocycles. The highest BCUT2D eigenvalue weighted by Gasteiger charge is 2.18. The molecular formula is C14H17N3O2. The molecular weight excluding hydrogens is 242 g/mol. The van der Waals surface area contributed by atoms with Crippen molar-refractivity contribution in [2.75, 3.05) is 13.2 Å². The van der Waals surface area contributed by atoms with E-state index >= 15 is 0 Å². The Labute approximate surface area is 111 Å². The fourth-order valence-electron chi connectivity index (χ4n) is 2.35. The van der Waals surface area contributed by atoms with Gasteiger partial charge in [-0.3, -0.25) is 0 Å². The number of fused-ring (bicyclic) bond motifs is 2. The van der Waals surface area contributed by atoms with Gasteiger partial charge < -0.3 is 19.8 Å². The van der Waals surface area contributed by atoms with Crippen LogP contribution in [-0.2, 0) is 6.54 Å². The van der Waals surface area contributed by atoms with Crippen molar-refractivity contribution in [1.29, 1.82) is 0 Å². The lowest BCUT2D eigenvalue weighted by Gasteiger charge is -2.18. The predicted molar refractivity (Wildman–Crippen MR) is 73.5 cm³/mol. The fourth-order valence-corrected chi connectivity index (χ4v) is 2.35. The average Bonchev–Trinajstić information content (AvgIpc) is 2.75. The van der Waals surface area contributed by atoms with Crippen LogP contribution < -0.4 is 15.2 Å². The molecule has 0 radical (unpaired) electrons. The molecule has 5 nitrogen and oxygen atoms in total. The summed E-state index contributed by atoms with van der Waals surface area (Å²) in [6, 6.07) is 3.74. The molecule has 5 heteroatoms. The van der Waals surface area contributed by atoms with Gasteiger partial charge >= 0.3 is 0 Å². The van der Waals surface area contributed by atoms with Gasteiger partial charge in [-0.1, -0.05) is 6.08 Å². The van der Waals surface area contributed by atoms with Crippen molar-refractivity contribution in [2.45, 2.75) is 19.5 Å². The molecule has 0 amide bonds. The van der Waals surface area contributed by atoms with Crippen molar-refractivity contribution in [2.24, 2.45) is 5.73 Å². The second kappa shape index (κ2) is 4.59. The predicted octanol–water partition coefficient (Wildman–Crippen LogP) is 2.01. The van der Waals surface area contributed by atoms with Gasteiger partial charge in [0.2, 0.25) is 0 Å². The number of aromatic nitrogens is 2. The molecule has 1 aliphatic rings. The van der Waals surface area contributed by atoms with Crippen LogP contribution in [0.2, 0.25) is 0 Å². The minimum absolute atomic E-state index is 0.133. The minimum atomic E-state index is -0.133. The molecule has 0 aliphatic carbocycles. The zero-order valence-corrected chi connectivity index (χ0v) is 10.9. The van der Waals surface area contributed by atoms with Gasteiger partial charge in [0.1, 0.15) is 19.0 Å². The summed E-state index contributed by atoms with van der Waals surface area (Å²) < 4.78 is 13.2. The van der Waals surface area contributed by atoms with E-state index in [2.05, 4.69) is 16.1 Å². The molecule has 1 atom stereocenters. The van der Waals surface area contributed by atoms with E-state index in [0.717, 1.165) is 28.4 Å². The van der Waals surface area contributed by atoms with Gasteiger partial charge in [0.15, 0.2) is 11.5 Å². The van der Waals surface area contributed by atoms with E-state index < -0.39 is 0 Å². The van der Waals surface area contributed by atoms with Crippen LogP contribution in [0.1, 0.15) is 18.8 Å². The van der Waals surface area contributed by atoms with Crippen molar-refractivity contribution >= 4 is 11.0 Å². The molecule has 2 N–H and O–H groups in total. The quantitative estimate of drug-likeness (QED) is 0.856. The molecule has 3 rings (SSSR count). The molecule has 1 aromatic carbocycles. The van der Waals surface area contributed by atoms with Crippen LogP contribution in [0.3, 0.4) is 0 Å². The number of nitrogens with zero attached hydrogens (tertiary/aromatic N) is 2. The zero-order chi connectivity index (χ0) is 13.4. The summed E-state index contributed by atoms with van der Waals surface area (Å²) in [5.74, 6) is 2.36. The molecule has 19 heavy (non-hydrogen) atoms. The Hall–Kier alpha value is -2.01. The molecule has 1 aliphatic heterocycles. The van der Waals surface area contributed by atoms with Crippen LogP contribution in [0, 0.1) is 0 Å². The monoisotopic (exact) mass is 259 g/mol. The van der Waals surface area contributed by atoms with Crippen molar-refractivity contribution in [3.63, 3.8) is 0 Å². The number of allylic oxidation sites excluding steroid dienone is 1. The van der Waals surface area contributed by atoms with E-state index in [1.54, 1.807) is 0 Å². The van der Waals surface area contributed by atoms with E-state index in [1.807, 2.05) is 25.1 Å². The first-order valence-electron chi connectivity index (χ1n) is 6.37. The SMILES string of the molecule is C=CCn1c(C(C)N)nc2cc3c(cc21)OCCO3. The summed E-state index contributed by atoms with van der Waals surface area (Å²) in [7, 11) is 0. The molecule has 0 saturated heterocycles. The first-order chi connectivity index (χ1) is 9.20. The first kappa shape index (κ1) is 12.0. The smallest absolute Gasteiger partial charge is 0.163 e. The maximum Gasteiger partial charge on any atom is 0.163 e. The van der Waals surface area contributed by atoms with Crippen LogP contribution >= 0.6 is 0 Å². The summed E-state index contributed by atoms with van der Waals surface area (Å²) in [4.78, 5) is 4.59. The van der Waals surface area contributed by atoms with Gasteiger partial charge in [0, 0.05) is 18.7 Å². The lowest BCUT2D eigenvalue weighted by atomic mass is 10.2. The van der Waals surface area contributed by atoms with Gasteiger partial charge in [-0.25, -0.2) is 4.98 Å². The van der Waals surface area contributed by atoms with Crippen LogP contribution in [0.5, 0.6) is 11.5 Å². The van der Waals surface area contributed by atoms with Crippen molar-refractivity contribution in [3.8, 4) is 11.5 Å². The van der Waals surface area contributed by atoms with Crippen molar-refractivity contribution in [3.05, 3.63) is 30.6 Å². The Morgan fingerprint density at radius 2 is 2.11 bits per heavy atom. The number of imidazole rings is 1. The van der Waals surface area contributed by atoms with E-state index in [-0.39, 0.29) is 6.04 Å². The highest BCUT2D eigenvalue weighted by atomic mass is 16.6. The molecule has 0 saturated carbocycles. The van der Waals surface area contributed by atoms with E-state index in [9.17, 15) is 0 Å². The van der Waals surface area contributed by atoms with Crippen LogP contribution in [-0.4, -0.2) is 22.8 Å². The molecule has 2 aromatic rings. The Bertz CT molecular complexity index is 631. The van der Waals surface area contributed by atoms with E-state index in [1.165, 1.54) is 0 Å². The van der Waals surface area contributed by atoms with Gasteiger partial charge in [0.05, 0.1) is 17.1 Å². The second-order valence-electron chi connectivity index (χ2n) is 4.64. The van der Waals surface area contributed by atoms with Crippen molar-refractivity contribution < 1.29 is 9.47 Å². The van der Waals surface area contributed by atoms with Crippen molar-refractivity contribution in [1.82, 2.24) is 9.55 Å². The van der Waals surface area contributed by atoms with E-state index in [4.69, 9.17) is 15.2 Å². The standard InChI is InChI=1S/C14H17N3O2/c1-3-4-17-11-8-13-12(18-5-6-19-13)7-10(11)16-14(17)9(2)15/h3,7-9H,1,4-6,15H2,2H3. The average molecular weight is 259 g/mol. The van der Waals surface area contributed by atoms with Gasteiger partial charge in [0.25, 0.3) is 0 Å². The molecule has 0 bridgehead atoms. The maximum absolute atomic E-state index is 5.98. The first-order valence-corrected chi connectivity index (χ1v) is 6.37. The Morgan fingerprint density at radius 3 is 2.74 bits per heavy atom. The lowest BCUT2D eigenvalue weighted by Crippen LogP contribution is -2.15. The molecule has 100 valence electrons. The molecule has 1 unspecified atom stereocenters. The van der Waals surface area contributed by atoms with Gasteiger partial charge in [-0.05, 0) is 6.92 Å². The Morgan fingerprint density at radius 1 is 1.42 bits per heavy atom. The largest absolute Gasteiger partial charge is 0.486 e. The summed E-state index contributed by atoms with van der Waals surface area (Å²) >= 11 is 0. The fraction of sp³-hybridized carbons (Fsp3) is 0.357. The normalized spacial score (nSPS) is 15.5. The third-order valence-corrected chi connectivity index (χ3v) is 3.16. The highest BCUT2D eigenvalue weighted by molar-refractivity contribution is 5.81. The minimum Gasteiger partial charge on any atom is -0.486 e. The summed E-state index contributed by atoms with van der Waals surface area (Å²) in [6.45, 7) is 7.54. The summed E-state index contributed by atoms with van der Waals surface area (Å²) in [5.41, 5.74) is 7.85. The zero-order valence-electron chi connectivity index (χ0n) is 10.9. The highest BCUT2D eigenvalue weighted by Crippen LogP contribution is 2.35. The molecule has 0 spiro atoms. The molecule has 1 aromatic heterocycles. The van der Waals surface area contributed by atoms with Crippen LogP contribution in [0.4, 0.5) is 0 Å². The Kier molecular flexibility index (Phi) is 2.91. The number of hydrogen-bond acceptors (Lipinski definition) is 4. The number of benzene rings is 1. The third kappa shape index (κ3) is 1.96. The topological polar surface area (TPSA) is 62.3 Å². The summed E-state index contributed by atoms with van der Waals surface area (Å²) in [6.07, 6.45) is 1.84. The third-order valence-electron chi connectivity index (χ3n) is 3.16. The summed E-state index contributed by atoms with van der Waals surface area (Å²) in [5, 5.41) is 0.